The van der Waals surface area contributed by atoms with Crippen LogP contribution in [0.15, 0.2) is 48.5 Å². The minimum absolute atomic E-state index is 0.256. The number of esters is 1. The molecule has 0 saturated heterocycles. The molecule has 0 heterocycles. The van der Waals surface area contributed by atoms with E-state index >= 15 is 0 Å². The lowest BCUT2D eigenvalue weighted by Crippen LogP contribution is -2.28. The number of rotatable bonds is 3. The summed E-state index contributed by atoms with van der Waals surface area (Å²) in [6, 6.07) is 13.4. The number of para-hydroxylation sites is 1. The van der Waals surface area contributed by atoms with Crippen molar-refractivity contribution in [3.05, 3.63) is 64.7 Å². The molecule has 1 amide bonds. The van der Waals surface area contributed by atoms with E-state index in [1.54, 1.807) is 55.6 Å². The largest absolute Gasteiger partial charge is 0.465 e. The molecule has 0 aliphatic carbocycles. The van der Waals surface area contributed by atoms with Crippen LogP contribution >= 0.6 is 11.6 Å². The van der Waals surface area contributed by atoms with E-state index in [2.05, 4.69) is 0 Å². The van der Waals surface area contributed by atoms with Crippen LogP contribution in [0.25, 0.3) is 0 Å². The Labute approximate surface area is 127 Å². The summed E-state index contributed by atoms with van der Waals surface area (Å²) in [7, 11) is 2.91. The number of anilines is 1. The third kappa shape index (κ3) is 3.23. The quantitative estimate of drug-likeness (QED) is 0.816. The van der Waals surface area contributed by atoms with Gasteiger partial charge in [-0.1, -0.05) is 29.8 Å². The van der Waals surface area contributed by atoms with Gasteiger partial charge in [-0.05, 0) is 30.3 Å². The molecule has 2 aromatic carbocycles. The third-order valence-electron chi connectivity index (χ3n) is 3.05. The molecule has 0 radical (unpaired) electrons. The maximum Gasteiger partial charge on any atom is 0.339 e. The van der Waals surface area contributed by atoms with Crippen molar-refractivity contribution in [1.29, 1.82) is 0 Å². The maximum absolute atomic E-state index is 12.5. The molecule has 21 heavy (non-hydrogen) atoms. The van der Waals surface area contributed by atoms with Crippen molar-refractivity contribution in [3.8, 4) is 0 Å². The van der Waals surface area contributed by atoms with E-state index < -0.39 is 5.97 Å². The van der Waals surface area contributed by atoms with Crippen LogP contribution in [0.1, 0.15) is 20.7 Å². The molecule has 0 fully saturated rings. The van der Waals surface area contributed by atoms with E-state index in [-0.39, 0.29) is 5.91 Å². The van der Waals surface area contributed by atoms with Gasteiger partial charge in [0.15, 0.2) is 0 Å². The number of ether oxygens (including phenoxy) is 1. The summed E-state index contributed by atoms with van der Waals surface area (Å²) >= 11 is 5.90. The number of hydrogen-bond donors (Lipinski definition) is 0. The van der Waals surface area contributed by atoms with Crippen molar-refractivity contribution in [2.45, 2.75) is 0 Å². The second kappa shape index (κ2) is 6.41. The van der Waals surface area contributed by atoms with Crippen molar-refractivity contribution in [2.24, 2.45) is 0 Å². The Morgan fingerprint density at radius 3 is 2.48 bits per heavy atom. The topological polar surface area (TPSA) is 46.6 Å². The van der Waals surface area contributed by atoms with E-state index in [0.29, 0.717) is 21.8 Å². The number of carbonyl (C=O) groups is 2. The van der Waals surface area contributed by atoms with Gasteiger partial charge in [0.2, 0.25) is 0 Å². The van der Waals surface area contributed by atoms with Gasteiger partial charge in [0.25, 0.3) is 5.91 Å². The Morgan fingerprint density at radius 1 is 1.10 bits per heavy atom. The molecule has 0 unspecified atom stereocenters. The summed E-state index contributed by atoms with van der Waals surface area (Å²) < 4.78 is 4.73. The van der Waals surface area contributed by atoms with E-state index in [1.807, 2.05) is 0 Å². The number of amides is 1. The van der Waals surface area contributed by atoms with Crippen LogP contribution in [-0.4, -0.2) is 26.0 Å². The molecule has 5 heteroatoms. The molecule has 0 saturated carbocycles. The van der Waals surface area contributed by atoms with Gasteiger partial charge in [0.05, 0.1) is 18.4 Å². The number of halogens is 1. The fraction of sp³-hybridized carbons (Fsp3) is 0.125. The van der Waals surface area contributed by atoms with E-state index in [0.717, 1.165) is 0 Å². The van der Waals surface area contributed by atoms with Crippen LogP contribution in [0.4, 0.5) is 5.69 Å². The molecule has 108 valence electrons. The average Bonchev–Trinajstić information content (AvgIpc) is 2.52. The molecule has 0 bridgehead atoms. The lowest BCUT2D eigenvalue weighted by atomic mass is 10.1. The van der Waals surface area contributed by atoms with Crippen LogP contribution in [-0.2, 0) is 4.74 Å². The zero-order chi connectivity index (χ0) is 15.4. The number of carbonyl (C=O) groups excluding carboxylic acids is 2. The predicted octanol–water partition coefficient (Wildman–Crippen LogP) is 3.40. The van der Waals surface area contributed by atoms with Crippen molar-refractivity contribution in [3.63, 3.8) is 0 Å². The minimum atomic E-state index is -0.489. The Kier molecular flexibility index (Phi) is 4.60. The van der Waals surface area contributed by atoms with Gasteiger partial charge in [-0.15, -0.1) is 0 Å². The van der Waals surface area contributed by atoms with Gasteiger partial charge in [-0.25, -0.2) is 4.79 Å². The highest BCUT2D eigenvalue weighted by atomic mass is 35.5. The number of methoxy groups -OCH3 is 1. The van der Waals surface area contributed by atoms with Gasteiger partial charge >= 0.3 is 5.97 Å². The normalized spacial score (nSPS) is 10.0. The Bertz CT molecular complexity index is 685. The lowest BCUT2D eigenvalue weighted by molar-refractivity contribution is 0.0601. The highest BCUT2D eigenvalue weighted by Crippen LogP contribution is 2.22. The van der Waals surface area contributed by atoms with Gasteiger partial charge in [0, 0.05) is 17.6 Å². The fourth-order valence-electron chi connectivity index (χ4n) is 1.97. The summed E-state index contributed by atoms with van der Waals surface area (Å²) in [6.45, 7) is 0. The first-order chi connectivity index (χ1) is 10.0. The third-order valence-corrected chi connectivity index (χ3v) is 3.28. The standard InChI is InChI=1S/C16H14ClNO3/c1-18(15(19)11-6-5-7-12(17)10-11)14-9-4-3-8-13(14)16(20)21-2/h3-10H,1-2H3. The summed E-state index contributed by atoms with van der Waals surface area (Å²) in [5.74, 6) is -0.745. The van der Waals surface area contributed by atoms with Crippen LogP contribution in [0, 0.1) is 0 Å². The SMILES string of the molecule is COC(=O)c1ccccc1N(C)C(=O)c1cccc(Cl)c1. The Morgan fingerprint density at radius 2 is 1.81 bits per heavy atom. The van der Waals surface area contributed by atoms with E-state index in [9.17, 15) is 9.59 Å². The molecule has 0 spiro atoms. The molecule has 0 aliphatic rings. The zero-order valence-corrected chi connectivity index (χ0v) is 12.4. The first-order valence-corrected chi connectivity index (χ1v) is 6.63. The van der Waals surface area contributed by atoms with Crippen LogP contribution in [0.3, 0.4) is 0 Å². The molecule has 0 atom stereocenters. The molecule has 0 aromatic heterocycles. The first kappa shape index (κ1) is 15.1. The summed E-state index contributed by atoms with van der Waals surface area (Å²) in [5.41, 5.74) is 1.26. The predicted molar refractivity (Wildman–Crippen MR) is 82.0 cm³/mol. The smallest absolute Gasteiger partial charge is 0.339 e. The maximum atomic E-state index is 12.5. The van der Waals surface area contributed by atoms with Gasteiger partial charge < -0.3 is 9.64 Å². The van der Waals surface area contributed by atoms with Crippen molar-refractivity contribution in [2.75, 3.05) is 19.1 Å². The van der Waals surface area contributed by atoms with Crippen LogP contribution in [0.5, 0.6) is 0 Å². The molecule has 2 rings (SSSR count). The Balaban J connectivity index is 2.38. The van der Waals surface area contributed by atoms with Crippen molar-refractivity contribution in [1.82, 2.24) is 0 Å². The monoisotopic (exact) mass is 303 g/mol. The highest BCUT2D eigenvalue weighted by molar-refractivity contribution is 6.31. The second-order valence-corrected chi connectivity index (χ2v) is 4.82. The zero-order valence-electron chi connectivity index (χ0n) is 11.7. The average molecular weight is 304 g/mol. The molecular formula is C16H14ClNO3. The molecule has 0 aliphatic heterocycles. The summed E-state index contributed by atoms with van der Waals surface area (Å²) in [6.07, 6.45) is 0. The number of benzene rings is 2. The van der Waals surface area contributed by atoms with Crippen LogP contribution < -0.4 is 4.90 Å². The number of nitrogens with zero attached hydrogens (tertiary/aromatic N) is 1. The summed E-state index contributed by atoms with van der Waals surface area (Å²) in [5, 5.41) is 0.482. The van der Waals surface area contributed by atoms with Crippen LogP contribution in [0.2, 0.25) is 5.02 Å². The van der Waals surface area contributed by atoms with Gasteiger partial charge in [0.1, 0.15) is 0 Å². The highest BCUT2D eigenvalue weighted by Gasteiger charge is 2.19. The van der Waals surface area contributed by atoms with Crippen molar-refractivity contribution >= 4 is 29.2 Å². The molecule has 0 N–H and O–H groups in total. The minimum Gasteiger partial charge on any atom is -0.465 e. The van der Waals surface area contributed by atoms with Gasteiger partial charge in [-0.3, -0.25) is 4.79 Å². The second-order valence-electron chi connectivity index (χ2n) is 4.38. The number of hydrogen-bond acceptors (Lipinski definition) is 3. The van der Waals surface area contributed by atoms with E-state index in [1.165, 1.54) is 12.0 Å². The molecule has 4 nitrogen and oxygen atoms in total. The molecular weight excluding hydrogens is 290 g/mol. The Hall–Kier alpha value is -2.33. The van der Waals surface area contributed by atoms with E-state index in [4.69, 9.17) is 16.3 Å². The molecule has 2 aromatic rings. The first-order valence-electron chi connectivity index (χ1n) is 6.25. The van der Waals surface area contributed by atoms with Gasteiger partial charge in [-0.2, -0.15) is 0 Å². The van der Waals surface area contributed by atoms with Crippen molar-refractivity contribution < 1.29 is 14.3 Å². The fourth-order valence-corrected chi connectivity index (χ4v) is 2.16. The lowest BCUT2D eigenvalue weighted by Gasteiger charge is -2.20. The summed E-state index contributed by atoms with van der Waals surface area (Å²) in [4.78, 5) is 25.6.